The van der Waals surface area contributed by atoms with Crippen molar-refractivity contribution in [3.05, 3.63) is 82.1 Å². The molecule has 0 spiro atoms. The molecule has 1 aromatic heterocycles. The van der Waals surface area contributed by atoms with E-state index in [-0.39, 0.29) is 10.7 Å². The fraction of sp³-hybridized carbons (Fsp3) is 0.150. The van der Waals surface area contributed by atoms with Crippen LogP contribution in [0.2, 0.25) is 5.15 Å². The molecule has 3 rings (SSSR count). The fourth-order valence-corrected chi connectivity index (χ4v) is 2.89. The summed E-state index contributed by atoms with van der Waals surface area (Å²) in [4.78, 5) is 24.0. The lowest BCUT2D eigenvalue weighted by Gasteiger charge is -2.06. The van der Waals surface area contributed by atoms with Gasteiger partial charge in [-0.05, 0) is 36.8 Å². The number of halogens is 1. The van der Waals surface area contributed by atoms with Crippen LogP contribution in [0.5, 0.6) is 5.75 Å². The second kappa shape index (κ2) is 8.05. The molecule has 0 N–H and O–H groups in total. The Bertz CT molecular complexity index is 966. The maximum absolute atomic E-state index is 12.5. The van der Waals surface area contributed by atoms with Gasteiger partial charge in [0.1, 0.15) is 16.5 Å². The Morgan fingerprint density at radius 3 is 2.33 bits per heavy atom. The predicted molar refractivity (Wildman–Crippen MR) is 100 cm³/mol. The van der Waals surface area contributed by atoms with Crippen LogP contribution >= 0.6 is 11.6 Å². The van der Waals surface area contributed by atoms with E-state index in [1.165, 1.54) is 31.4 Å². The van der Waals surface area contributed by atoms with Crippen LogP contribution in [0.1, 0.15) is 32.0 Å². The van der Waals surface area contributed by atoms with Gasteiger partial charge in [-0.15, -0.1) is 0 Å². The first kappa shape index (κ1) is 18.7. The smallest absolute Gasteiger partial charge is 0.348 e. The second-order valence-corrected chi connectivity index (χ2v) is 6.16. The van der Waals surface area contributed by atoms with Gasteiger partial charge in [0.25, 0.3) is 0 Å². The summed E-state index contributed by atoms with van der Waals surface area (Å²) in [6, 6.07) is 15.7. The van der Waals surface area contributed by atoms with Gasteiger partial charge in [0.2, 0.25) is 0 Å². The van der Waals surface area contributed by atoms with Gasteiger partial charge in [0.05, 0.1) is 24.9 Å². The molecule has 0 atom stereocenters. The summed E-state index contributed by atoms with van der Waals surface area (Å²) >= 11 is 6.36. The minimum Gasteiger partial charge on any atom is -0.465 e. The van der Waals surface area contributed by atoms with Crippen LogP contribution in [0.4, 0.5) is 0 Å². The second-order valence-electron chi connectivity index (χ2n) is 5.80. The molecule has 0 aliphatic rings. The van der Waals surface area contributed by atoms with Gasteiger partial charge in [-0.25, -0.2) is 14.3 Å². The Balaban J connectivity index is 1.78. The third-order valence-corrected chi connectivity index (χ3v) is 4.31. The summed E-state index contributed by atoms with van der Waals surface area (Å²) in [7, 11) is 1.30. The van der Waals surface area contributed by atoms with Crippen molar-refractivity contribution >= 4 is 23.5 Å². The third-order valence-electron chi connectivity index (χ3n) is 3.93. The molecular formula is C20H17ClN2O4. The Labute approximate surface area is 161 Å². The molecule has 0 saturated carbocycles. The zero-order valence-electron chi connectivity index (χ0n) is 14.8. The highest BCUT2D eigenvalue weighted by molar-refractivity contribution is 6.32. The van der Waals surface area contributed by atoms with Gasteiger partial charge >= 0.3 is 11.9 Å². The number of esters is 2. The highest BCUT2D eigenvalue weighted by atomic mass is 35.5. The quantitative estimate of drug-likeness (QED) is 0.493. The number of benzene rings is 2. The Morgan fingerprint density at radius 1 is 1.04 bits per heavy atom. The number of methoxy groups -OCH3 is 1. The summed E-state index contributed by atoms with van der Waals surface area (Å²) in [5, 5.41) is 4.55. The summed E-state index contributed by atoms with van der Waals surface area (Å²) in [5.74, 6) is -0.782. The van der Waals surface area contributed by atoms with E-state index in [0.717, 1.165) is 5.56 Å². The largest absolute Gasteiger partial charge is 0.465 e. The van der Waals surface area contributed by atoms with Gasteiger partial charge in [-0.3, -0.25) is 0 Å². The Hall–Kier alpha value is -3.12. The monoisotopic (exact) mass is 384 g/mol. The van der Waals surface area contributed by atoms with Crippen LogP contribution in [-0.2, 0) is 11.3 Å². The van der Waals surface area contributed by atoms with Gasteiger partial charge in [0, 0.05) is 0 Å². The third kappa shape index (κ3) is 4.17. The van der Waals surface area contributed by atoms with Crippen molar-refractivity contribution in [1.29, 1.82) is 0 Å². The fourth-order valence-electron chi connectivity index (χ4n) is 2.58. The van der Waals surface area contributed by atoms with E-state index >= 15 is 0 Å². The molecule has 1 heterocycles. The Kier molecular flexibility index (Phi) is 5.57. The molecule has 6 nitrogen and oxygen atoms in total. The molecule has 0 unspecified atom stereocenters. The molecule has 0 aliphatic carbocycles. The Morgan fingerprint density at radius 2 is 1.70 bits per heavy atom. The normalized spacial score (nSPS) is 10.5. The standard InChI is InChI=1S/C20H17ClN2O4/c1-13-17(18(21)23(22-13)12-14-6-4-3-5-7-14)20(25)27-16-10-8-15(9-11-16)19(24)26-2/h3-11H,12H2,1-2H3. The molecular weight excluding hydrogens is 368 g/mol. The van der Waals surface area contributed by atoms with Crippen molar-refractivity contribution < 1.29 is 19.1 Å². The molecule has 0 amide bonds. The van der Waals surface area contributed by atoms with E-state index in [0.29, 0.717) is 23.6 Å². The first-order valence-corrected chi connectivity index (χ1v) is 8.54. The van der Waals surface area contributed by atoms with Crippen molar-refractivity contribution in [2.75, 3.05) is 7.11 Å². The van der Waals surface area contributed by atoms with E-state index in [2.05, 4.69) is 9.84 Å². The molecule has 0 fully saturated rings. The van der Waals surface area contributed by atoms with E-state index in [1.807, 2.05) is 30.3 Å². The maximum atomic E-state index is 12.5. The number of aromatic nitrogens is 2. The predicted octanol–water partition coefficient (Wildman–Crippen LogP) is 3.90. The van der Waals surface area contributed by atoms with Crippen LogP contribution in [0.3, 0.4) is 0 Å². The van der Waals surface area contributed by atoms with Gasteiger partial charge in [-0.1, -0.05) is 41.9 Å². The zero-order chi connectivity index (χ0) is 19.4. The van der Waals surface area contributed by atoms with Crippen molar-refractivity contribution in [3.63, 3.8) is 0 Å². The first-order chi connectivity index (χ1) is 13.0. The van der Waals surface area contributed by atoms with Gasteiger partial charge in [-0.2, -0.15) is 5.10 Å². The minimum absolute atomic E-state index is 0.213. The van der Waals surface area contributed by atoms with Crippen molar-refractivity contribution in [3.8, 4) is 5.75 Å². The number of rotatable bonds is 5. The van der Waals surface area contributed by atoms with E-state index in [1.54, 1.807) is 11.6 Å². The molecule has 138 valence electrons. The highest BCUT2D eigenvalue weighted by Crippen LogP contribution is 2.23. The molecule has 3 aromatic rings. The molecule has 7 heteroatoms. The summed E-state index contributed by atoms with van der Waals surface area (Å²) in [6.45, 7) is 2.14. The lowest BCUT2D eigenvalue weighted by atomic mass is 10.2. The first-order valence-electron chi connectivity index (χ1n) is 8.17. The molecule has 0 radical (unpaired) electrons. The van der Waals surface area contributed by atoms with Gasteiger partial charge in [0.15, 0.2) is 0 Å². The number of aryl methyl sites for hydroxylation is 1. The molecule has 27 heavy (non-hydrogen) atoms. The maximum Gasteiger partial charge on any atom is 0.348 e. The van der Waals surface area contributed by atoms with E-state index < -0.39 is 11.9 Å². The summed E-state index contributed by atoms with van der Waals surface area (Å²) in [5.41, 5.74) is 2.07. The number of carbonyl (C=O) groups is 2. The zero-order valence-corrected chi connectivity index (χ0v) is 15.6. The van der Waals surface area contributed by atoms with Crippen molar-refractivity contribution in [1.82, 2.24) is 9.78 Å². The van der Waals surface area contributed by atoms with Crippen LogP contribution in [0.25, 0.3) is 0 Å². The summed E-state index contributed by atoms with van der Waals surface area (Å²) in [6.07, 6.45) is 0. The lowest BCUT2D eigenvalue weighted by molar-refractivity contribution is 0.0600. The molecule has 0 saturated heterocycles. The average molecular weight is 385 g/mol. The minimum atomic E-state index is -0.609. The van der Waals surface area contributed by atoms with Crippen LogP contribution in [0.15, 0.2) is 54.6 Å². The number of nitrogens with zero attached hydrogens (tertiary/aromatic N) is 2. The topological polar surface area (TPSA) is 70.4 Å². The molecule has 0 aliphatic heterocycles. The van der Waals surface area contributed by atoms with E-state index in [4.69, 9.17) is 16.3 Å². The van der Waals surface area contributed by atoms with Crippen LogP contribution in [0, 0.1) is 6.92 Å². The highest BCUT2D eigenvalue weighted by Gasteiger charge is 2.22. The number of hydrogen-bond donors (Lipinski definition) is 0. The van der Waals surface area contributed by atoms with Gasteiger partial charge < -0.3 is 9.47 Å². The number of ether oxygens (including phenoxy) is 2. The number of hydrogen-bond acceptors (Lipinski definition) is 5. The lowest BCUT2D eigenvalue weighted by Crippen LogP contribution is -2.10. The van der Waals surface area contributed by atoms with Crippen molar-refractivity contribution in [2.24, 2.45) is 0 Å². The SMILES string of the molecule is COC(=O)c1ccc(OC(=O)c2c(C)nn(Cc3ccccc3)c2Cl)cc1. The van der Waals surface area contributed by atoms with Crippen LogP contribution < -0.4 is 4.74 Å². The van der Waals surface area contributed by atoms with E-state index in [9.17, 15) is 9.59 Å². The van der Waals surface area contributed by atoms with Crippen molar-refractivity contribution in [2.45, 2.75) is 13.5 Å². The number of carbonyl (C=O) groups excluding carboxylic acids is 2. The molecule has 0 bridgehead atoms. The summed E-state index contributed by atoms with van der Waals surface area (Å²) < 4.78 is 11.6. The van der Waals surface area contributed by atoms with Crippen LogP contribution in [-0.4, -0.2) is 28.8 Å². The molecule has 2 aromatic carbocycles. The average Bonchev–Trinajstić information content (AvgIpc) is 2.95.